The van der Waals surface area contributed by atoms with Crippen molar-refractivity contribution in [3.63, 3.8) is 0 Å². The summed E-state index contributed by atoms with van der Waals surface area (Å²) in [6.45, 7) is 3.64. The normalized spacial score (nSPS) is 11.0. The van der Waals surface area contributed by atoms with Gasteiger partial charge in [-0.3, -0.25) is 0 Å². The summed E-state index contributed by atoms with van der Waals surface area (Å²) in [5.41, 5.74) is 0.891. The van der Waals surface area contributed by atoms with Crippen LogP contribution in [0.2, 0.25) is 0 Å². The zero-order valence-corrected chi connectivity index (χ0v) is 14.1. The first kappa shape index (κ1) is 17.8. The van der Waals surface area contributed by atoms with Crippen LogP contribution in [-0.2, 0) is 16.5 Å². The first-order chi connectivity index (χ1) is 11.4. The monoisotopic (exact) mass is 352 g/mol. The second kappa shape index (κ2) is 7.35. The number of halogens is 1. The Morgan fingerprint density at radius 2 is 1.71 bits per heavy atom. The standard InChI is InChI=1S/C17H17FO5S/c1-4-5-12-6-8-16(17(10-12)22-3)23-24(19,20)13-7-9-15(21-2)14(18)11-13/h4,6-11H,1,5H2,2-3H3. The summed E-state index contributed by atoms with van der Waals surface area (Å²) >= 11 is 0. The van der Waals surface area contributed by atoms with Gasteiger partial charge in [0.05, 0.1) is 14.2 Å². The highest BCUT2D eigenvalue weighted by Gasteiger charge is 2.21. The van der Waals surface area contributed by atoms with E-state index in [2.05, 4.69) is 6.58 Å². The number of rotatable bonds is 7. The first-order valence-electron chi connectivity index (χ1n) is 6.97. The minimum absolute atomic E-state index is 0.0153. The van der Waals surface area contributed by atoms with Crippen molar-refractivity contribution >= 4 is 10.1 Å². The second-order valence-corrected chi connectivity index (χ2v) is 6.36. The third kappa shape index (κ3) is 3.86. The third-order valence-electron chi connectivity index (χ3n) is 3.22. The highest BCUT2D eigenvalue weighted by atomic mass is 32.2. The van der Waals surface area contributed by atoms with Crippen LogP contribution >= 0.6 is 0 Å². The molecular formula is C17H17FO5S. The minimum Gasteiger partial charge on any atom is -0.494 e. The molecule has 0 heterocycles. The number of hydrogen-bond donors (Lipinski definition) is 0. The molecule has 0 aromatic heterocycles. The molecule has 0 saturated carbocycles. The summed E-state index contributed by atoms with van der Waals surface area (Å²) in [6, 6.07) is 8.10. The molecule has 2 aromatic carbocycles. The topological polar surface area (TPSA) is 61.8 Å². The number of ether oxygens (including phenoxy) is 2. The summed E-state index contributed by atoms with van der Waals surface area (Å²) in [4.78, 5) is -0.321. The van der Waals surface area contributed by atoms with Gasteiger partial charge in [0.15, 0.2) is 23.1 Å². The van der Waals surface area contributed by atoms with Gasteiger partial charge in [0.1, 0.15) is 4.90 Å². The molecule has 5 nitrogen and oxygen atoms in total. The predicted octanol–water partition coefficient (Wildman–Crippen LogP) is 3.34. The summed E-state index contributed by atoms with van der Waals surface area (Å²) in [6.07, 6.45) is 2.32. The molecule has 0 saturated heterocycles. The average Bonchev–Trinajstić information content (AvgIpc) is 2.56. The molecule has 0 amide bonds. The van der Waals surface area contributed by atoms with E-state index in [1.165, 1.54) is 32.4 Å². The van der Waals surface area contributed by atoms with Gasteiger partial charge >= 0.3 is 10.1 Å². The van der Waals surface area contributed by atoms with E-state index in [-0.39, 0.29) is 22.1 Å². The lowest BCUT2D eigenvalue weighted by Crippen LogP contribution is -2.11. The van der Waals surface area contributed by atoms with Crippen LogP contribution in [-0.4, -0.2) is 22.6 Å². The van der Waals surface area contributed by atoms with Crippen molar-refractivity contribution in [3.05, 3.63) is 60.4 Å². The molecule has 0 aliphatic carbocycles. The first-order valence-corrected chi connectivity index (χ1v) is 8.38. The Labute approximate surface area is 140 Å². The number of methoxy groups -OCH3 is 2. The van der Waals surface area contributed by atoms with Crippen LogP contribution in [0.3, 0.4) is 0 Å². The lowest BCUT2D eigenvalue weighted by Gasteiger charge is -2.12. The van der Waals surface area contributed by atoms with Crippen LogP contribution in [0, 0.1) is 5.82 Å². The molecule has 0 unspecified atom stereocenters. The lowest BCUT2D eigenvalue weighted by molar-refractivity contribution is 0.384. The van der Waals surface area contributed by atoms with Crippen molar-refractivity contribution in [2.75, 3.05) is 14.2 Å². The maximum Gasteiger partial charge on any atom is 0.339 e. The van der Waals surface area contributed by atoms with E-state index in [1.54, 1.807) is 18.2 Å². The van der Waals surface area contributed by atoms with Crippen molar-refractivity contribution in [2.24, 2.45) is 0 Å². The average molecular weight is 352 g/mol. The highest BCUT2D eigenvalue weighted by Crippen LogP contribution is 2.31. The van der Waals surface area contributed by atoms with E-state index in [4.69, 9.17) is 13.7 Å². The Morgan fingerprint density at radius 3 is 2.29 bits per heavy atom. The van der Waals surface area contributed by atoms with Crippen LogP contribution in [0.25, 0.3) is 0 Å². The molecule has 2 rings (SSSR count). The fraction of sp³-hybridized carbons (Fsp3) is 0.176. The van der Waals surface area contributed by atoms with Crippen molar-refractivity contribution < 1.29 is 26.5 Å². The van der Waals surface area contributed by atoms with Crippen LogP contribution in [0.15, 0.2) is 53.9 Å². The van der Waals surface area contributed by atoms with Crippen LogP contribution in [0.1, 0.15) is 5.56 Å². The quantitative estimate of drug-likeness (QED) is 0.565. The SMILES string of the molecule is C=CCc1ccc(OS(=O)(=O)c2ccc(OC)c(F)c2)c(OC)c1. The van der Waals surface area contributed by atoms with E-state index in [9.17, 15) is 12.8 Å². The van der Waals surface area contributed by atoms with Gasteiger partial charge in [-0.1, -0.05) is 12.1 Å². The van der Waals surface area contributed by atoms with E-state index in [0.29, 0.717) is 6.42 Å². The molecule has 0 fully saturated rings. The van der Waals surface area contributed by atoms with Crippen LogP contribution in [0.5, 0.6) is 17.2 Å². The zero-order valence-electron chi connectivity index (χ0n) is 13.3. The maximum absolute atomic E-state index is 13.7. The summed E-state index contributed by atoms with van der Waals surface area (Å²) < 4.78 is 53.4. The molecule has 0 spiro atoms. The fourth-order valence-electron chi connectivity index (χ4n) is 2.04. The Hall–Kier alpha value is -2.54. The number of hydrogen-bond acceptors (Lipinski definition) is 5. The molecule has 0 radical (unpaired) electrons. The van der Waals surface area contributed by atoms with E-state index in [0.717, 1.165) is 11.6 Å². The van der Waals surface area contributed by atoms with Crippen molar-refractivity contribution in [2.45, 2.75) is 11.3 Å². The van der Waals surface area contributed by atoms with Gasteiger partial charge in [0.2, 0.25) is 0 Å². The highest BCUT2D eigenvalue weighted by molar-refractivity contribution is 7.87. The number of benzene rings is 2. The molecule has 0 bridgehead atoms. The maximum atomic E-state index is 13.7. The third-order valence-corrected chi connectivity index (χ3v) is 4.45. The molecular weight excluding hydrogens is 335 g/mol. The van der Waals surface area contributed by atoms with Gasteiger partial charge in [-0.05, 0) is 42.3 Å². The molecule has 0 aliphatic heterocycles. The van der Waals surface area contributed by atoms with Gasteiger partial charge in [0, 0.05) is 0 Å². The fourth-order valence-corrected chi connectivity index (χ4v) is 3.00. The van der Waals surface area contributed by atoms with Crippen LogP contribution < -0.4 is 13.7 Å². The molecule has 2 aromatic rings. The largest absolute Gasteiger partial charge is 0.494 e. The smallest absolute Gasteiger partial charge is 0.339 e. The van der Waals surface area contributed by atoms with Gasteiger partial charge in [-0.15, -0.1) is 6.58 Å². The minimum atomic E-state index is -4.21. The lowest BCUT2D eigenvalue weighted by atomic mass is 10.1. The summed E-state index contributed by atoms with van der Waals surface area (Å²) in [7, 11) is -1.52. The molecule has 0 atom stereocenters. The molecule has 24 heavy (non-hydrogen) atoms. The Kier molecular flexibility index (Phi) is 5.46. The second-order valence-electron chi connectivity index (χ2n) is 4.81. The molecule has 7 heteroatoms. The van der Waals surface area contributed by atoms with Crippen molar-refractivity contribution in [1.29, 1.82) is 0 Å². The summed E-state index contributed by atoms with van der Waals surface area (Å²) in [5, 5.41) is 0. The predicted molar refractivity (Wildman–Crippen MR) is 87.7 cm³/mol. The Morgan fingerprint density at radius 1 is 1.04 bits per heavy atom. The zero-order chi connectivity index (χ0) is 17.7. The van der Waals surface area contributed by atoms with Gasteiger partial charge in [-0.2, -0.15) is 8.42 Å². The van der Waals surface area contributed by atoms with Crippen molar-refractivity contribution in [3.8, 4) is 17.2 Å². The molecule has 0 N–H and O–H groups in total. The van der Waals surface area contributed by atoms with Gasteiger partial charge in [-0.25, -0.2) is 4.39 Å². The summed E-state index contributed by atoms with van der Waals surface area (Å²) in [5.74, 6) is -0.579. The Balaban J connectivity index is 2.35. The van der Waals surface area contributed by atoms with E-state index in [1.807, 2.05) is 0 Å². The van der Waals surface area contributed by atoms with E-state index < -0.39 is 15.9 Å². The van der Waals surface area contributed by atoms with Crippen LogP contribution in [0.4, 0.5) is 4.39 Å². The molecule has 0 aliphatic rings. The van der Waals surface area contributed by atoms with Crippen molar-refractivity contribution in [1.82, 2.24) is 0 Å². The van der Waals surface area contributed by atoms with E-state index >= 15 is 0 Å². The number of allylic oxidation sites excluding steroid dienone is 1. The Bertz CT molecular complexity index is 846. The molecule has 128 valence electrons. The van der Waals surface area contributed by atoms with Gasteiger partial charge in [0.25, 0.3) is 0 Å². The van der Waals surface area contributed by atoms with Gasteiger partial charge < -0.3 is 13.7 Å².